The predicted octanol–water partition coefficient (Wildman–Crippen LogP) is 2.98. The molecule has 0 aliphatic carbocycles. The summed E-state index contributed by atoms with van der Waals surface area (Å²) in [5.41, 5.74) is 0.780. The van der Waals surface area contributed by atoms with Crippen LogP contribution in [-0.2, 0) is 4.79 Å². The molecule has 0 aromatic heterocycles. The first-order valence-electron chi connectivity index (χ1n) is 6.70. The minimum absolute atomic E-state index is 0.0314. The maximum absolute atomic E-state index is 12.3. The molecule has 0 spiro atoms. The first-order valence-corrected chi connectivity index (χ1v) is 6.70. The van der Waals surface area contributed by atoms with Crippen molar-refractivity contribution in [1.29, 1.82) is 5.26 Å². The highest BCUT2D eigenvalue weighted by molar-refractivity contribution is 5.90. The lowest BCUT2D eigenvalue weighted by molar-refractivity contribution is -0.121. The third-order valence-corrected chi connectivity index (χ3v) is 3.25. The molecule has 0 N–H and O–H groups in total. The van der Waals surface area contributed by atoms with Crippen LogP contribution in [0.5, 0.6) is 0 Å². The molecular weight excluding hydrogens is 236 g/mol. The van der Waals surface area contributed by atoms with E-state index in [-0.39, 0.29) is 5.78 Å². The summed E-state index contributed by atoms with van der Waals surface area (Å²) in [4.78, 5) is 14.4. The van der Waals surface area contributed by atoms with Gasteiger partial charge in [0, 0.05) is 12.1 Å². The zero-order valence-corrected chi connectivity index (χ0v) is 12.1. The van der Waals surface area contributed by atoms with Crippen molar-refractivity contribution in [3.63, 3.8) is 0 Å². The van der Waals surface area contributed by atoms with E-state index < -0.39 is 5.92 Å². The van der Waals surface area contributed by atoms with Crippen LogP contribution in [0.15, 0.2) is 30.3 Å². The predicted molar refractivity (Wildman–Crippen MR) is 76.8 cm³/mol. The van der Waals surface area contributed by atoms with E-state index in [0.29, 0.717) is 18.6 Å². The summed E-state index contributed by atoms with van der Waals surface area (Å²) in [5.74, 6) is -0.697. The Labute approximate surface area is 115 Å². The molecule has 0 aliphatic rings. The number of hydrogen-bond acceptors (Lipinski definition) is 3. The molecular formula is C16H22N2O. The van der Waals surface area contributed by atoms with E-state index in [1.54, 1.807) is 0 Å². The third kappa shape index (κ3) is 4.18. The largest absolute Gasteiger partial charge is 0.296 e. The van der Waals surface area contributed by atoms with Gasteiger partial charge >= 0.3 is 0 Å². The van der Waals surface area contributed by atoms with Crippen molar-refractivity contribution < 1.29 is 4.79 Å². The first-order chi connectivity index (χ1) is 8.97. The van der Waals surface area contributed by atoms with Crippen molar-refractivity contribution in [1.82, 2.24) is 4.90 Å². The second-order valence-electron chi connectivity index (χ2n) is 5.30. The maximum Gasteiger partial charge on any atom is 0.168 e. The van der Waals surface area contributed by atoms with Crippen molar-refractivity contribution in [2.75, 3.05) is 6.54 Å². The van der Waals surface area contributed by atoms with Crippen LogP contribution in [0.25, 0.3) is 0 Å². The van der Waals surface area contributed by atoms with Crippen LogP contribution in [0.4, 0.5) is 0 Å². The van der Waals surface area contributed by atoms with Gasteiger partial charge in [0.25, 0.3) is 0 Å². The van der Waals surface area contributed by atoms with Gasteiger partial charge in [-0.1, -0.05) is 30.3 Å². The lowest BCUT2D eigenvalue weighted by Gasteiger charge is -2.30. The molecule has 0 saturated heterocycles. The van der Waals surface area contributed by atoms with Crippen molar-refractivity contribution in [3.05, 3.63) is 35.9 Å². The smallest absolute Gasteiger partial charge is 0.168 e. The first kappa shape index (κ1) is 15.4. The fourth-order valence-electron chi connectivity index (χ4n) is 2.21. The van der Waals surface area contributed by atoms with E-state index in [4.69, 9.17) is 0 Å². The van der Waals surface area contributed by atoms with Crippen molar-refractivity contribution in [3.8, 4) is 6.07 Å². The van der Waals surface area contributed by atoms with Gasteiger partial charge in [0.05, 0.1) is 12.6 Å². The van der Waals surface area contributed by atoms with Crippen LogP contribution in [0, 0.1) is 11.3 Å². The number of ketones is 1. The minimum atomic E-state index is -0.666. The van der Waals surface area contributed by atoms with E-state index >= 15 is 0 Å². The topological polar surface area (TPSA) is 44.1 Å². The Kier molecular flexibility index (Phi) is 5.72. The van der Waals surface area contributed by atoms with Crippen LogP contribution in [0.1, 0.15) is 39.2 Å². The average molecular weight is 258 g/mol. The van der Waals surface area contributed by atoms with E-state index in [1.807, 2.05) is 30.3 Å². The number of Topliss-reactive ketones (excluding diaryl/α,β-unsaturated/α-hetero) is 1. The zero-order chi connectivity index (χ0) is 14.4. The highest BCUT2D eigenvalue weighted by atomic mass is 16.1. The zero-order valence-electron chi connectivity index (χ0n) is 12.1. The van der Waals surface area contributed by atoms with Crippen LogP contribution in [0.2, 0.25) is 0 Å². The molecule has 0 aliphatic heterocycles. The van der Waals surface area contributed by atoms with Gasteiger partial charge < -0.3 is 0 Å². The Hall–Kier alpha value is -1.66. The molecule has 0 bridgehead atoms. The van der Waals surface area contributed by atoms with Crippen molar-refractivity contribution in [2.24, 2.45) is 0 Å². The highest BCUT2D eigenvalue weighted by Crippen LogP contribution is 2.17. The van der Waals surface area contributed by atoms with Crippen LogP contribution in [0.3, 0.4) is 0 Å². The molecule has 3 heteroatoms. The summed E-state index contributed by atoms with van der Waals surface area (Å²) in [7, 11) is 0. The molecule has 0 fully saturated rings. The fraction of sp³-hybridized carbons (Fsp3) is 0.500. The highest BCUT2D eigenvalue weighted by Gasteiger charge is 2.24. The third-order valence-electron chi connectivity index (χ3n) is 3.25. The summed E-state index contributed by atoms with van der Waals surface area (Å²) < 4.78 is 0. The normalized spacial score (nSPS) is 12.7. The number of nitrogens with zero attached hydrogens (tertiary/aromatic N) is 2. The number of benzene rings is 1. The number of carbonyl (C=O) groups is 1. The molecule has 1 atom stereocenters. The van der Waals surface area contributed by atoms with E-state index in [1.165, 1.54) is 0 Å². The molecule has 1 aromatic carbocycles. The number of hydrogen-bond donors (Lipinski definition) is 0. The van der Waals surface area contributed by atoms with Gasteiger partial charge in [-0.3, -0.25) is 9.69 Å². The van der Waals surface area contributed by atoms with Gasteiger partial charge in [0.2, 0.25) is 0 Å². The van der Waals surface area contributed by atoms with Crippen LogP contribution >= 0.6 is 0 Å². The molecule has 1 unspecified atom stereocenters. The molecule has 0 radical (unpaired) electrons. The second-order valence-corrected chi connectivity index (χ2v) is 5.30. The summed E-state index contributed by atoms with van der Waals surface area (Å²) in [6.07, 6.45) is 0. The molecule has 19 heavy (non-hydrogen) atoms. The van der Waals surface area contributed by atoms with Crippen LogP contribution < -0.4 is 0 Å². The molecule has 102 valence electrons. The minimum Gasteiger partial charge on any atom is -0.296 e. The van der Waals surface area contributed by atoms with Crippen molar-refractivity contribution >= 4 is 5.78 Å². The van der Waals surface area contributed by atoms with Crippen molar-refractivity contribution in [2.45, 2.75) is 45.7 Å². The Morgan fingerprint density at radius 2 is 1.68 bits per heavy atom. The number of nitriles is 1. The molecule has 0 heterocycles. The monoisotopic (exact) mass is 258 g/mol. The number of carbonyl (C=O) groups excluding carboxylic acids is 1. The Morgan fingerprint density at radius 1 is 1.16 bits per heavy atom. The van der Waals surface area contributed by atoms with E-state index in [9.17, 15) is 10.1 Å². The fourth-order valence-corrected chi connectivity index (χ4v) is 2.21. The molecule has 1 rings (SSSR count). The summed E-state index contributed by atoms with van der Waals surface area (Å²) in [6.45, 7) is 8.59. The SMILES string of the molecule is CC(C)N(CC(=O)C(C#N)c1ccccc1)C(C)C. The van der Waals surface area contributed by atoms with Gasteiger partial charge in [0.1, 0.15) is 5.92 Å². The maximum atomic E-state index is 12.3. The summed E-state index contributed by atoms with van der Waals surface area (Å²) >= 11 is 0. The summed E-state index contributed by atoms with van der Waals surface area (Å²) in [6, 6.07) is 12.0. The molecule has 0 amide bonds. The van der Waals surface area contributed by atoms with Gasteiger partial charge in [-0.2, -0.15) is 5.26 Å². The summed E-state index contributed by atoms with van der Waals surface area (Å²) in [5, 5.41) is 9.25. The molecule has 3 nitrogen and oxygen atoms in total. The quantitative estimate of drug-likeness (QED) is 0.788. The Morgan fingerprint density at radius 3 is 2.11 bits per heavy atom. The van der Waals surface area contributed by atoms with Crippen LogP contribution in [-0.4, -0.2) is 29.3 Å². The van der Waals surface area contributed by atoms with Gasteiger partial charge in [-0.25, -0.2) is 0 Å². The molecule has 0 saturated carbocycles. The van der Waals surface area contributed by atoms with E-state index in [0.717, 1.165) is 5.56 Å². The number of rotatable bonds is 6. The van der Waals surface area contributed by atoms with Gasteiger partial charge in [-0.05, 0) is 33.3 Å². The standard InChI is InChI=1S/C16H22N2O/c1-12(2)18(13(3)4)11-16(19)15(10-17)14-8-6-5-7-9-14/h5-9,12-13,15H,11H2,1-4H3. The molecule has 1 aromatic rings. The van der Waals surface area contributed by atoms with Gasteiger partial charge in [0.15, 0.2) is 5.78 Å². The second kappa shape index (κ2) is 7.06. The average Bonchev–Trinajstić information content (AvgIpc) is 2.37. The van der Waals surface area contributed by atoms with E-state index in [2.05, 4.69) is 38.7 Å². The lowest BCUT2D eigenvalue weighted by atomic mass is 9.95. The Bertz CT molecular complexity index is 438. The van der Waals surface area contributed by atoms with Gasteiger partial charge in [-0.15, -0.1) is 0 Å². The Balaban J connectivity index is 2.84. The lowest BCUT2D eigenvalue weighted by Crippen LogP contribution is -2.41.